The van der Waals surface area contributed by atoms with Gasteiger partial charge in [0.2, 0.25) is 0 Å². The number of nitrogens with one attached hydrogen (secondary N) is 2. The molecule has 0 aliphatic heterocycles. The first kappa shape index (κ1) is 13.9. The van der Waals surface area contributed by atoms with Crippen molar-refractivity contribution in [2.45, 2.75) is 13.5 Å². The van der Waals surface area contributed by atoms with Crippen molar-refractivity contribution in [3.63, 3.8) is 0 Å². The third-order valence-corrected chi connectivity index (χ3v) is 2.80. The Morgan fingerprint density at radius 3 is 2.75 bits per heavy atom. The van der Waals surface area contributed by atoms with Gasteiger partial charge in [-0.1, -0.05) is 6.07 Å². The summed E-state index contributed by atoms with van der Waals surface area (Å²) in [7, 11) is 1.55. The highest BCUT2D eigenvalue weighted by molar-refractivity contribution is 5.95. The molecule has 0 saturated heterocycles. The topological polar surface area (TPSA) is 66.9 Å². The molecule has 0 bridgehead atoms. The zero-order valence-corrected chi connectivity index (χ0v) is 11.3. The Balaban J connectivity index is 2.07. The maximum absolute atomic E-state index is 13.9. The fourth-order valence-electron chi connectivity index (χ4n) is 1.67. The lowest BCUT2D eigenvalue weighted by molar-refractivity contribution is 0.0947. The summed E-state index contributed by atoms with van der Waals surface area (Å²) in [6.45, 7) is 2.18. The first-order valence-corrected chi connectivity index (χ1v) is 6.14. The lowest BCUT2D eigenvalue weighted by atomic mass is 10.2. The lowest BCUT2D eigenvalue weighted by Crippen LogP contribution is -2.24. The fourth-order valence-corrected chi connectivity index (χ4v) is 1.67. The average Bonchev–Trinajstić information content (AvgIpc) is 2.46. The van der Waals surface area contributed by atoms with Gasteiger partial charge in [-0.25, -0.2) is 9.37 Å². The number of carbonyl (C=O) groups excluding carboxylic acids is 1. The summed E-state index contributed by atoms with van der Waals surface area (Å²) in [6.07, 6.45) is 3.06. The van der Waals surface area contributed by atoms with E-state index in [4.69, 9.17) is 0 Å². The zero-order chi connectivity index (χ0) is 14.5. The Labute approximate surface area is 116 Å². The molecule has 2 rings (SSSR count). The number of carbonyl (C=O) groups is 1. The number of aryl methyl sites for hydroxylation is 1. The van der Waals surface area contributed by atoms with Gasteiger partial charge in [0, 0.05) is 31.7 Å². The van der Waals surface area contributed by atoms with Crippen LogP contribution < -0.4 is 10.6 Å². The van der Waals surface area contributed by atoms with E-state index in [1.54, 1.807) is 13.2 Å². The molecule has 2 N–H and O–H groups in total. The van der Waals surface area contributed by atoms with Crippen LogP contribution in [0.2, 0.25) is 0 Å². The minimum Gasteiger partial charge on any atom is -0.371 e. The normalized spacial score (nSPS) is 10.2. The summed E-state index contributed by atoms with van der Waals surface area (Å²) in [6, 6.07) is 5.07. The molecule has 0 saturated carbocycles. The molecular formula is C14H15FN4O. The number of rotatable bonds is 4. The predicted octanol–water partition coefficient (Wildman–Crippen LogP) is 1.90. The van der Waals surface area contributed by atoms with Gasteiger partial charge in [-0.3, -0.25) is 9.78 Å². The Morgan fingerprint density at radius 1 is 1.30 bits per heavy atom. The van der Waals surface area contributed by atoms with Gasteiger partial charge in [-0.15, -0.1) is 0 Å². The molecule has 0 aliphatic rings. The minimum absolute atomic E-state index is 0.0376. The van der Waals surface area contributed by atoms with Gasteiger partial charge in [0.05, 0.1) is 5.56 Å². The first-order valence-electron chi connectivity index (χ1n) is 6.14. The molecule has 104 valence electrons. The van der Waals surface area contributed by atoms with Crippen LogP contribution >= 0.6 is 0 Å². The molecule has 2 heterocycles. The maximum atomic E-state index is 13.9. The van der Waals surface area contributed by atoms with Gasteiger partial charge in [0.25, 0.3) is 5.91 Å². The Bertz CT molecular complexity index is 613. The van der Waals surface area contributed by atoms with Crippen molar-refractivity contribution in [1.29, 1.82) is 0 Å². The molecule has 0 fully saturated rings. The molecule has 0 atom stereocenters. The molecule has 5 nitrogen and oxygen atoms in total. The maximum Gasteiger partial charge on any atom is 0.254 e. The Morgan fingerprint density at radius 2 is 2.10 bits per heavy atom. The van der Waals surface area contributed by atoms with E-state index in [0.29, 0.717) is 6.54 Å². The third kappa shape index (κ3) is 3.09. The van der Waals surface area contributed by atoms with Crippen molar-refractivity contribution < 1.29 is 9.18 Å². The van der Waals surface area contributed by atoms with Crippen molar-refractivity contribution in [1.82, 2.24) is 15.3 Å². The van der Waals surface area contributed by atoms with Gasteiger partial charge in [-0.2, -0.15) is 0 Å². The fraction of sp³-hybridized carbons (Fsp3) is 0.214. The van der Waals surface area contributed by atoms with E-state index in [1.807, 2.05) is 19.1 Å². The molecule has 2 aromatic heterocycles. The largest absolute Gasteiger partial charge is 0.371 e. The number of pyridine rings is 2. The van der Waals surface area contributed by atoms with Crippen molar-refractivity contribution in [2.24, 2.45) is 0 Å². The van der Waals surface area contributed by atoms with Crippen LogP contribution in [-0.4, -0.2) is 22.9 Å². The van der Waals surface area contributed by atoms with Crippen LogP contribution in [0, 0.1) is 12.7 Å². The molecule has 0 unspecified atom stereocenters. The summed E-state index contributed by atoms with van der Waals surface area (Å²) >= 11 is 0. The number of aromatic nitrogens is 2. The highest BCUT2D eigenvalue weighted by Gasteiger charge is 2.15. The Kier molecular flexibility index (Phi) is 4.24. The predicted molar refractivity (Wildman–Crippen MR) is 73.9 cm³/mol. The van der Waals surface area contributed by atoms with Crippen LogP contribution in [-0.2, 0) is 6.54 Å². The first-order chi connectivity index (χ1) is 9.61. The Hall–Kier alpha value is -2.50. The molecule has 0 radical (unpaired) electrons. The van der Waals surface area contributed by atoms with Crippen LogP contribution in [0.5, 0.6) is 0 Å². The second-order valence-corrected chi connectivity index (χ2v) is 4.26. The van der Waals surface area contributed by atoms with E-state index in [9.17, 15) is 9.18 Å². The van der Waals surface area contributed by atoms with Crippen molar-refractivity contribution in [3.05, 3.63) is 53.2 Å². The summed E-state index contributed by atoms with van der Waals surface area (Å²) in [4.78, 5) is 19.9. The van der Waals surface area contributed by atoms with E-state index >= 15 is 0 Å². The van der Waals surface area contributed by atoms with E-state index in [1.165, 1.54) is 12.3 Å². The molecule has 6 heteroatoms. The van der Waals surface area contributed by atoms with Crippen molar-refractivity contribution in [2.75, 3.05) is 12.4 Å². The number of hydrogen-bond donors (Lipinski definition) is 2. The SMILES string of the molecule is CNc1nccc(C(=O)NCc2ccc(C)nc2)c1F. The number of nitrogens with zero attached hydrogens (tertiary/aromatic N) is 2. The molecule has 1 amide bonds. The standard InChI is InChI=1S/C14H15FN4O/c1-9-3-4-10(7-18-9)8-19-14(20)11-5-6-17-13(16-2)12(11)15/h3-7H,8H2,1-2H3,(H,16,17)(H,19,20). The van der Waals surface area contributed by atoms with E-state index in [0.717, 1.165) is 11.3 Å². The summed E-state index contributed by atoms with van der Waals surface area (Å²) in [5.41, 5.74) is 1.72. The number of anilines is 1. The second kappa shape index (κ2) is 6.10. The summed E-state index contributed by atoms with van der Waals surface area (Å²) in [5, 5.41) is 5.25. The van der Waals surface area contributed by atoms with E-state index < -0.39 is 11.7 Å². The van der Waals surface area contributed by atoms with Gasteiger partial charge in [-0.05, 0) is 24.6 Å². The van der Waals surface area contributed by atoms with Gasteiger partial charge in [0.1, 0.15) is 0 Å². The molecule has 0 aromatic carbocycles. The van der Waals surface area contributed by atoms with Crippen LogP contribution in [0.4, 0.5) is 10.2 Å². The highest BCUT2D eigenvalue weighted by Crippen LogP contribution is 2.14. The van der Waals surface area contributed by atoms with Crippen molar-refractivity contribution >= 4 is 11.7 Å². The minimum atomic E-state index is -0.658. The van der Waals surface area contributed by atoms with Crippen LogP contribution in [0.1, 0.15) is 21.6 Å². The smallest absolute Gasteiger partial charge is 0.254 e. The van der Waals surface area contributed by atoms with E-state index in [2.05, 4.69) is 20.6 Å². The zero-order valence-electron chi connectivity index (χ0n) is 11.3. The number of hydrogen-bond acceptors (Lipinski definition) is 4. The molecule has 20 heavy (non-hydrogen) atoms. The monoisotopic (exact) mass is 274 g/mol. The quantitative estimate of drug-likeness (QED) is 0.893. The number of halogens is 1. The van der Waals surface area contributed by atoms with Gasteiger partial charge in [0.15, 0.2) is 11.6 Å². The summed E-state index contributed by atoms with van der Waals surface area (Å²) in [5.74, 6) is -1.09. The second-order valence-electron chi connectivity index (χ2n) is 4.26. The average molecular weight is 274 g/mol. The van der Waals surface area contributed by atoms with Crippen LogP contribution in [0.15, 0.2) is 30.6 Å². The van der Waals surface area contributed by atoms with E-state index in [-0.39, 0.29) is 11.4 Å². The molecule has 2 aromatic rings. The molecule has 0 spiro atoms. The van der Waals surface area contributed by atoms with Crippen LogP contribution in [0.25, 0.3) is 0 Å². The third-order valence-electron chi connectivity index (χ3n) is 2.80. The summed E-state index contributed by atoms with van der Waals surface area (Å²) < 4.78 is 13.9. The molecule has 0 aliphatic carbocycles. The molecular weight excluding hydrogens is 259 g/mol. The van der Waals surface area contributed by atoms with Gasteiger partial charge < -0.3 is 10.6 Å². The van der Waals surface area contributed by atoms with Crippen molar-refractivity contribution in [3.8, 4) is 0 Å². The number of amides is 1. The van der Waals surface area contributed by atoms with Gasteiger partial charge >= 0.3 is 0 Å². The lowest BCUT2D eigenvalue weighted by Gasteiger charge is -2.08. The highest BCUT2D eigenvalue weighted by atomic mass is 19.1. The van der Waals surface area contributed by atoms with Crippen LogP contribution in [0.3, 0.4) is 0 Å².